The Morgan fingerprint density at radius 2 is 1.11 bits per heavy atom. The predicted octanol–water partition coefficient (Wildman–Crippen LogP) is 5.05. The van der Waals surface area contributed by atoms with Crippen LogP contribution in [0.2, 0.25) is 0 Å². The van der Waals surface area contributed by atoms with Crippen LogP contribution in [0.25, 0.3) is 0 Å². The van der Waals surface area contributed by atoms with Gasteiger partial charge in [0.2, 0.25) is 0 Å². The maximum atomic E-state index is 13.4. The molecule has 3 nitrogen and oxygen atoms in total. The molecule has 0 saturated carbocycles. The minimum absolute atomic E-state index is 0.0403. The number of rotatable bonds is 7. The van der Waals surface area contributed by atoms with Gasteiger partial charge in [0.15, 0.2) is 0 Å². The molecule has 0 aliphatic carbocycles. The van der Waals surface area contributed by atoms with Gasteiger partial charge in [-0.3, -0.25) is 4.79 Å². The van der Waals surface area contributed by atoms with Crippen LogP contribution >= 0.6 is 0 Å². The number of likely N-dealkylation sites (N-methyl/N-ethyl adjacent to an activating group) is 1. The van der Waals surface area contributed by atoms with Gasteiger partial charge in [-0.25, -0.2) is 0 Å². The van der Waals surface area contributed by atoms with Gasteiger partial charge in [0.05, 0.1) is 0 Å². The van der Waals surface area contributed by atoms with Crippen molar-refractivity contribution in [3.8, 4) is 0 Å². The third kappa shape index (κ3) is 4.68. The summed E-state index contributed by atoms with van der Waals surface area (Å²) in [6.45, 7) is 2.07. The van der Waals surface area contributed by atoms with Crippen LogP contribution in [0.15, 0.2) is 91.0 Å². The molecule has 0 heterocycles. The average Bonchev–Trinajstić information content (AvgIpc) is 2.74. The van der Waals surface area contributed by atoms with Gasteiger partial charge in [-0.15, -0.1) is 0 Å². The van der Waals surface area contributed by atoms with Crippen molar-refractivity contribution in [2.45, 2.75) is 25.0 Å². The van der Waals surface area contributed by atoms with Crippen LogP contribution in [0.4, 0.5) is 0 Å². The van der Waals surface area contributed by atoms with E-state index in [4.69, 9.17) is 4.74 Å². The highest BCUT2D eigenvalue weighted by atomic mass is 16.5. The molecule has 0 amide bonds. The molecular formula is C25H27NO2. The minimum Gasteiger partial charge on any atom is -0.455 e. The molecule has 0 fully saturated rings. The topological polar surface area (TPSA) is 29.5 Å². The molecule has 0 radical (unpaired) electrons. The van der Waals surface area contributed by atoms with Crippen LogP contribution in [-0.2, 0) is 9.53 Å². The van der Waals surface area contributed by atoms with Gasteiger partial charge >= 0.3 is 5.97 Å². The molecule has 0 aliphatic rings. The molecule has 28 heavy (non-hydrogen) atoms. The van der Waals surface area contributed by atoms with E-state index in [0.717, 1.165) is 16.7 Å². The van der Waals surface area contributed by atoms with Crippen LogP contribution in [0.1, 0.15) is 35.6 Å². The van der Waals surface area contributed by atoms with Gasteiger partial charge in [-0.05, 0) is 37.7 Å². The van der Waals surface area contributed by atoms with Gasteiger partial charge < -0.3 is 9.64 Å². The van der Waals surface area contributed by atoms with Crippen molar-refractivity contribution in [2.75, 3.05) is 14.1 Å². The molecule has 0 spiro atoms. The second-order valence-electron chi connectivity index (χ2n) is 7.23. The van der Waals surface area contributed by atoms with Gasteiger partial charge in [-0.2, -0.15) is 0 Å². The minimum atomic E-state index is -0.456. The van der Waals surface area contributed by atoms with E-state index in [1.165, 1.54) is 0 Å². The zero-order valence-corrected chi connectivity index (χ0v) is 16.7. The Morgan fingerprint density at radius 3 is 1.50 bits per heavy atom. The zero-order chi connectivity index (χ0) is 19.9. The molecule has 0 aliphatic heterocycles. The third-order valence-corrected chi connectivity index (χ3v) is 5.13. The first-order chi connectivity index (χ1) is 13.6. The van der Waals surface area contributed by atoms with Crippen molar-refractivity contribution in [2.24, 2.45) is 0 Å². The standard InChI is InChI=1S/C25H27NO2/c1-19(26(2)3)24(22-17-11-6-12-18-22)28-25(27)23(20-13-7-4-8-14-20)21-15-9-5-10-16-21/h4-19,23-24H,1-3H3/t19-,24+/m0/s1. The number of nitrogens with zero attached hydrogens (tertiary/aromatic N) is 1. The first-order valence-corrected chi connectivity index (χ1v) is 9.59. The zero-order valence-electron chi connectivity index (χ0n) is 16.7. The highest BCUT2D eigenvalue weighted by Gasteiger charge is 2.30. The van der Waals surface area contributed by atoms with Crippen LogP contribution < -0.4 is 0 Å². The highest BCUT2D eigenvalue weighted by molar-refractivity contribution is 5.82. The van der Waals surface area contributed by atoms with Crippen molar-refractivity contribution in [1.29, 1.82) is 0 Å². The van der Waals surface area contributed by atoms with Crippen molar-refractivity contribution in [1.82, 2.24) is 4.90 Å². The fourth-order valence-corrected chi connectivity index (χ4v) is 3.31. The lowest BCUT2D eigenvalue weighted by atomic mass is 9.91. The van der Waals surface area contributed by atoms with Gasteiger partial charge in [0, 0.05) is 6.04 Å². The van der Waals surface area contributed by atoms with Gasteiger partial charge in [0.25, 0.3) is 0 Å². The Bertz CT molecular complexity index is 823. The van der Waals surface area contributed by atoms with Gasteiger partial charge in [0.1, 0.15) is 12.0 Å². The van der Waals surface area contributed by atoms with Crippen LogP contribution in [0, 0.1) is 0 Å². The van der Waals surface area contributed by atoms with Gasteiger partial charge in [-0.1, -0.05) is 91.0 Å². The maximum Gasteiger partial charge on any atom is 0.318 e. The van der Waals surface area contributed by atoms with Crippen molar-refractivity contribution < 1.29 is 9.53 Å². The fourth-order valence-electron chi connectivity index (χ4n) is 3.31. The first-order valence-electron chi connectivity index (χ1n) is 9.59. The van der Waals surface area contributed by atoms with E-state index >= 15 is 0 Å². The van der Waals surface area contributed by atoms with Crippen molar-refractivity contribution >= 4 is 5.97 Å². The number of esters is 1. The number of hydrogen-bond donors (Lipinski definition) is 0. The Hall–Kier alpha value is -2.91. The van der Waals surface area contributed by atoms with E-state index in [0.29, 0.717) is 0 Å². The number of benzene rings is 3. The van der Waals surface area contributed by atoms with Crippen LogP contribution in [0.3, 0.4) is 0 Å². The fraction of sp³-hybridized carbons (Fsp3) is 0.240. The summed E-state index contributed by atoms with van der Waals surface area (Å²) in [6.07, 6.45) is -0.348. The molecule has 0 saturated heterocycles. The lowest BCUT2D eigenvalue weighted by molar-refractivity contribution is -0.153. The molecular weight excluding hydrogens is 346 g/mol. The molecule has 3 rings (SSSR count). The summed E-state index contributed by atoms with van der Waals surface area (Å²) < 4.78 is 6.15. The average molecular weight is 373 g/mol. The largest absolute Gasteiger partial charge is 0.455 e. The summed E-state index contributed by atoms with van der Waals surface area (Å²) in [4.78, 5) is 15.5. The van der Waals surface area contributed by atoms with E-state index in [-0.39, 0.29) is 18.1 Å². The smallest absolute Gasteiger partial charge is 0.318 e. The quantitative estimate of drug-likeness (QED) is 0.543. The normalized spacial score (nSPS) is 13.3. The first kappa shape index (κ1) is 19.8. The Kier molecular flexibility index (Phi) is 6.62. The Balaban J connectivity index is 1.95. The summed E-state index contributed by atoms with van der Waals surface area (Å²) in [6, 6.07) is 29.6. The van der Waals surface area contributed by atoms with Crippen LogP contribution in [-0.4, -0.2) is 31.0 Å². The SMILES string of the molecule is C[C@@H]([C@@H](OC(=O)C(c1ccccc1)c1ccccc1)c1ccccc1)N(C)C. The number of hydrogen-bond acceptors (Lipinski definition) is 3. The van der Waals surface area contributed by atoms with Crippen molar-refractivity contribution in [3.05, 3.63) is 108 Å². The summed E-state index contributed by atoms with van der Waals surface area (Å²) in [5.74, 6) is -0.692. The molecule has 3 aromatic rings. The number of ether oxygens (including phenoxy) is 1. The summed E-state index contributed by atoms with van der Waals surface area (Å²) in [7, 11) is 4.00. The second-order valence-corrected chi connectivity index (χ2v) is 7.23. The Labute approximate surface area is 167 Å². The molecule has 0 bridgehead atoms. The predicted molar refractivity (Wildman–Crippen MR) is 113 cm³/mol. The molecule has 2 atom stereocenters. The third-order valence-electron chi connectivity index (χ3n) is 5.13. The van der Waals surface area contributed by atoms with E-state index in [9.17, 15) is 4.79 Å². The maximum absolute atomic E-state index is 13.4. The summed E-state index contributed by atoms with van der Waals surface area (Å²) in [5, 5.41) is 0. The van der Waals surface area contributed by atoms with E-state index < -0.39 is 5.92 Å². The highest BCUT2D eigenvalue weighted by Crippen LogP contribution is 2.31. The van der Waals surface area contributed by atoms with Crippen LogP contribution in [0.5, 0.6) is 0 Å². The number of carbonyl (C=O) groups excluding carboxylic acids is 1. The van der Waals surface area contributed by atoms with E-state index in [1.807, 2.05) is 105 Å². The summed E-state index contributed by atoms with van der Waals surface area (Å²) >= 11 is 0. The lowest BCUT2D eigenvalue weighted by Crippen LogP contribution is -2.35. The molecule has 3 heteroatoms. The molecule has 144 valence electrons. The number of carbonyl (C=O) groups is 1. The van der Waals surface area contributed by atoms with Crippen molar-refractivity contribution in [3.63, 3.8) is 0 Å². The Morgan fingerprint density at radius 1 is 0.714 bits per heavy atom. The molecule has 3 aromatic carbocycles. The molecule has 0 aromatic heterocycles. The molecule has 0 unspecified atom stereocenters. The lowest BCUT2D eigenvalue weighted by Gasteiger charge is -2.31. The summed E-state index contributed by atoms with van der Waals surface area (Å²) in [5.41, 5.74) is 2.86. The van der Waals surface area contributed by atoms with E-state index in [1.54, 1.807) is 0 Å². The van der Waals surface area contributed by atoms with E-state index in [2.05, 4.69) is 11.8 Å². The second kappa shape index (κ2) is 9.34. The molecule has 0 N–H and O–H groups in total. The monoisotopic (exact) mass is 373 g/mol.